The summed E-state index contributed by atoms with van der Waals surface area (Å²) < 4.78 is 10.5. The number of hydrogen-bond donors (Lipinski definition) is 1. The molecule has 26 heavy (non-hydrogen) atoms. The molecule has 0 aliphatic carbocycles. The minimum absolute atomic E-state index is 0.00367. The van der Waals surface area contributed by atoms with Gasteiger partial charge in [0.1, 0.15) is 6.54 Å². The van der Waals surface area contributed by atoms with Crippen molar-refractivity contribution in [3.8, 4) is 11.5 Å². The monoisotopic (exact) mass is 372 g/mol. The first-order valence-electron chi connectivity index (χ1n) is 8.12. The molecule has 2 amide bonds. The van der Waals surface area contributed by atoms with E-state index in [1.54, 1.807) is 20.3 Å². The van der Waals surface area contributed by atoms with Crippen LogP contribution in [0.15, 0.2) is 47.4 Å². The number of carbonyl (C=O) groups excluding carboxylic acids is 2. The zero-order chi connectivity index (χ0) is 18.5. The topological polar surface area (TPSA) is 67.9 Å². The van der Waals surface area contributed by atoms with Crippen LogP contribution in [0.25, 0.3) is 0 Å². The minimum Gasteiger partial charge on any atom is -0.493 e. The number of rotatable bonds is 6. The fourth-order valence-electron chi connectivity index (χ4n) is 2.72. The van der Waals surface area contributed by atoms with Gasteiger partial charge < -0.3 is 19.7 Å². The fourth-order valence-corrected chi connectivity index (χ4v) is 3.65. The first-order valence-corrected chi connectivity index (χ1v) is 9.10. The molecule has 0 radical (unpaired) electrons. The lowest BCUT2D eigenvalue weighted by molar-refractivity contribution is -0.123. The molecule has 6 nitrogen and oxygen atoms in total. The standard InChI is InChI=1S/C19H20N2O4S/c1-24-15-8-7-13(9-16(15)25-2)10-20-18(22)11-21-14-5-3-4-6-17(14)26-12-19(21)23/h3-9H,10-12H2,1-2H3,(H,20,22). The van der Waals surface area contributed by atoms with E-state index in [1.807, 2.05) is 36.4 Å². The normalized spacial score (nSPS) is 13.2. The highest BCUT2D eigenvalue weighted by Crippen LogP contribution is 2.34. The lowest BCUT2D eigenvalue weighted by Crippen LogP contribution is -2.43. The summed E-state index contributed by atoms with van der Waals surface area (Å²) in [6.45, 7) is 0.349. The van der Waals surface area contributed by atoms with Crippen molar-refractivity contribution in [1.29, 1.82) is 0 Å². The predicted molar refractivity (Wildman–Crippen MR) is 101 cm³/mol. The Morgan fingerprint density at radius 1 is 1.15 bits per heavy atom. The van der Waals surface area contributed by atoms with Gasteiger partial charge in [-0.1, -0.05) is 18.2 Å². The van der Waals surface area contributed by atoms with E-state index in [2.05, 4.69) is 5.32 Å². The number of nitrogens with zero attached hydrogens (tertiary/aromatic N) is 1. The first-order chi connectivity index (χ1) is 12.6. The van der Waals surface area contributed by atoms with Crippen molar-refractivity contribution >= 4 is 29.3 Å². The van der Waals surface area contributed by atoms with Gasteiger partial charge in [-0.15, -0.1) is 11.8 Å². The van der Waals surface area contributed by atoms with Crippen LogP contribution < -0.4 is 19.7 Å². The summed E-state index contributed by atoms with van der Waals surface area (Å²) in [6.07, 6.45) is 0. The number of carbonyl (C=O) groups is 2. The van der Waals surface area contributed by atoms with Crippen molar-refractivity contribution in [2.45, 2.75) is 11.4 Å². The Morgan fingerprint density at radius 2 is 1.92 bits per heavy atom. The van der Waals surface area contributed by atoms with E-state index < -0.39 is 0 Å². The number of ether oxygens (including phenoxy) is 2. The van der Waals surface area contributed by atoms with Crippen molar-refractivity contribution in [2.24, 2.45) is 0 Å². The predicted octanol–water partition coefficient (Wildman–Crippen LogP) is 2.46. The van der Waals surface area contributed by atoms with Crippen molar-refractivity contribution < 1.29 is 19.1 Å². The van der Waals surface area contributed by atoms with E-state index in [0.29, 0.717) is 23.8 Å². The molecule has 0 saturated carbocycles. The van der Waals surface area contributed by atoms with Gasteiger partial charge in [-0.2, -0.15) is 0 Å². The number of anilines is 1. The Morgan fingerprint density at radius 3 is 2.69 bits per heavy atom. The molecule has 2 aromatic rings. The van der Waals surface area contributed by atoms with E-state index in [1.165, 1.54) is 16.7 Å². The molecule has 0 atom stereocenters. The SMILES string of the molecule is COc1ccc(CNC(=O)CN2C(=O)CSc3ccccc32)cc1OC. The Bertz CT molecular complexity index is 825. The molecule has 0 spiro atoms. The highest BCUT2D eigenvalue weighted by Gasteiger charge is 2.26. The van der Waals surface area contributed by atoms with E-state index in [9.17, 15) is 9.59 Å². The number of nitrogens with one attached hydrogen (secondary N) is 1. The summed E-state index contributed by atoms with van der Waals surface area (Å²) >= 11 is 1.50. The third-order valence-corrected chi connectivity index (χ3v) is 5.10. The summed E-state index contributed by atoms with van der Waals surface area (Å²) in [7, 11) is 3.14. The van der Waals surface area contributed by atoms with Crippen LogP contribution in [0.1, 0.15) is 5.56 Å². The maximum Gasteiger partial charge on any atom is 0.240 e. The van der Waals surface area contributed by atoms with Crippen molar-refractivity contribution in [1.82, 2.24) is 5.32 Å². The zero-order valence-electron chi connectivity index (χ0n) is 14.7. The third-order valence-electron chi connectivity index (χ3n) is 4.05. The molecule has 1 N–H and O–H groups in total. The number of amides is 2. The highest BCUT2D eigenvalue weighted by molar-refractivity contribution is 8.00. The van der Waals surface area contributed by atoms with Gasteiger partial charge in [0, 0.05) is 11.4 Å². The van der Waals surface area contributed by atoms with E-state index >= 15 is 0 Å². The van der Waals surface area contributed by atoms with Gasteiger partial charge in [0.25, 0.3) is 0 Å². The van der Waals surface area contributed by atoms with Crippen LogP contribution in [0.4, 0.5) is 5.69 Å². The molecule has 0 unspecified atom stereocenters. The Kier molecular flexibility index (Phi) is 5.68. The van der Waals surface area contributed by atoms with Crippen LogP contribution in [0.3, 0.4) is 0 Å². The van der Waals surface area contributed by atoms with Crippen LogP contribution in [0, 0.1) is 0 Å². The van der Waals surface area contributed by atoms with E-state index in [-0.39, 0.29) is 18.4 Å². The average Bonchev–Trinajstić information content (AvgIpc) is 2.68. The summed E-state index contributed by atoms with van der Waals surface area (Å²) in [5.74, 6) is 1.32. The Hall–Kier alpha value is -2.67. The van der Waals surface area contributed by atoms with Crippen LogP contribution in [0.2, 0.25) is 0 Å². The number of methoxy groups -OCH3 is 2. The van der Waals surface area contributed by atoms with E-state index in [0.717, 1.165) is 16.1 Å². The molecule has 2 aromatic carbocycles. The van der Waals surface area contributed by atoms with Gasteiger partial charge in [0.15, 0.2) is 11.5 Å². The summed E-state index contributed by atoms with van der Waals surface area (Å²) in [5, 5.41) is 2.85. The fraction of sp³-hybridized carbons (Fsp3) is 0.263. The third kappa shape index (κ3) is 3.94. The number of benzene rings is 2. The second-order valence-corrected chi connectivity index (χ2v) is 6.72. The molecule has 3 rings (SSSR count). The minimum atomic E-state index is -0.213. The quantitative estimate of drug-likeness (QED) is 0.844. The second kappa shape index (κ2) is 8.14. The molecule has 0 saturated heterocycles. The first kappa shape index (κ1) is 18.1. The molecule has 136 valence electrons. The summed E-state index contributed by atoms with van der Waals surface area (Å²) in [4.78, 5) is 27.1. The molecule has 0 aromatic heterocycles. The molecule has 0 fully saturated rings. The number of fused-ring (bicyclic) bond motifs is 1. The largest absolute Gasteiger partial charge is 0.493 e. The average molecular weight is 372 g/mol. The molecule has 0 bridgehead atoms. The van der Waals surface area contributed by atoms with Crippen LogP contribution in [0.5, 0.6) is 11.5 Å². The summed E-state index contributed by atoms with van der Waals surface area (Å²) in [5.41, 5.74) is 1.67. The number of hydrogen-bond acceptors (Lipinski definition) is 5. The van der Waals surface area contributed by atoms with Crippen LogP contribution in [-0.2, 0) is 16.1 Å². The molecular formula is C19H20N2O4S. The molecule has 1 aliphatic heterocycles. The van der Waals surface area contributed by atoms with Gasteiger partial charge in [-0.3, -0.25) is 9.59 Å². The van der Waals surface area contributed by atoms with Crippen molar-refractivity contribution in [2.75, 3.05) is 31.4 Å². The highest BCUT2D eigenvalue weighted by atomic mass is 32.2. The van der Waals surface area contributed by atoms with Gasteiger partial charge in [0.2, 0.25) is 11.8 Å². The molecule has 1 heterocycles. The zero-order valence-corrected chi connectivity index (χ0v) is 15.5. The van der Waals surface area contributed by atoms with Crippen molar-refractivity contribution in [3.05, 3.63) is 48.0 Å². The van der Waals surface area contributed by atoms with Gasteiger partial charge in [-0.25, -0.2) is 0 Å². The van der Waals surface area contributed by atoms with E-state index in [4.69, 9.17) is 9.47 Å². The maximum atomic E-state index is 12.3. The lowest BCUT2D eigenvalue weighted by atomic mass is 10.2. The summed E-state index contributed by atoms with van der Waals surface area (Å²) in [6, 6.07) is 13.1. The molecular weight excluding hydrogens is 352 g/mol. The van der Waals surface area contributed by atoms with Gasteiger partial charge >= 0.3 is 0 Å². The number of thioether (sulfide) groups is 1. The van der Waals surface area contributed by atoms with Gasteiger partial charge in [-0.05, 0) is 29.8 Å². The molecule has 1 aliphatic rings. The smallest absolute Gasteiger partial charge is 0.240 e. The van der Waals surface area contributed by atoms with Crippen molar-refractivity contribution in [3.63, 3.8) is 0 Å². The maximum absolute atomic E-state index is 12.3. The lowest BCUT2D eigenvalue weighted by Gasteiger charge is -2.28. The van der Waals surface area contributed by atoms with Crippen LogP contribution >= 0.6 is 11.8 Å². The Balaban J connectivity index is 1.64. The Labute approximate surface area is 156 Å². The molecule has 7 heteroatoms. The van der Waals surface area contributed by atoms with Gasteiger partial charge in [0.05, 0.1) is 25.7 Å². The number of para-hydroxylation sites is 1. The second-order valence-electron chi connectivity index (χ2n) is 5.70. The van der Waals surface area contributed by atoms with Crippen LogP contribution in [-0.4, -0.2) is 38.3 Å².